The summed E-state index contributed by atoms with van der Waals surface area (Å²) >= 11 is 0. The Balaban J connectivity index is 1.76. The van der Waals surface area contributed by atoms with Crippen LogP contribution in [0, 0.1) is 5.92 Å². The van der Waals surface area contributed by atoms with Gasteiger partial charge in [-0.25, -0.2) is 8.78 Å². The van der Waals surface area contributed by atoms with Crippen LogP contribution in [0.1, 0.15) is 25.7 Å². The Morgan fingerprint density at radius 1 is 1.36 bits per heavy atom. The zero-order valence-electron chi connectivity index (χ0n) is 8.38. The summed E-state index contributed by atoms with van der Waals surface area (Å²) in [4.78, 5) is 2.23. The van der Waals surface area contributed by atoms with Crippen LogP contribution < -0.4 is 5.73 Å². The van der Waals surface area contributed by atoms with E-state index in [1.165, 1.54) is 0 Å². The van der Waals surface area contributed by atoms with E-state index in [1.54, 1.807) is 0 Å². The van der Waals surface area contributed by atoms with Crippen molar-refractivity contribution in [1.29, 1.82) is 0 Å². The molecule has 0 bridgehead atoms. The lowest BCUT2D eigenvalue weighted by Gasteiger charge is -2.19. The third-order valence-corrected chi connectivity index (χ3v) is 3.33. The molecule has 2 fully saturated rings. The molecule has 1 saturated heterocycles. The van der Waals surface area contributed by atoms with Crippen molar-refractivity contribution >= 4 is 0 Å². The van der Waals surface area contributed by atoms with E-state index >= 15 is 0 Å². The second-order valence-electron chi connectivity index (χ2n) is 4.77. The molecule has 4 heteroatoms. The summed E-state index contributed by atoms with van der Waals surface area (Å²) in [5.74, 6) is -2.21. The average molecular weight is 204 g/mol. The van der Waals surface area contributed by atoms with Gasteiger partial charge in [-0.3, -0.25) is 0 Å². The fraction of sp³-hybridized carbons (Fsp3) is 1.00. The predicted octanol–water partition coefficient (Wildman–Crippen LogP) is 1.45. The van der Waals surface area contributed by atoms with Gasteiger partial charge in [0.05, 0.1) is 0 Å². The third-order valence-electron chi connectivity index (χ3n) is 3.33. The van der Waals surface area contributed by atoms with Crippen molar-refractivity contribution in [2.24, 2.45) is 11.7 Å². The molecular weight excluding hydrogens is 186 g/mol. The summed E-state index contributed by atoms with van der Waals surface area (Å²) < 4.78 is 25.8. The zero-order valence-corrected chi connectivity index (χ0v) is 8.38. The van der Waals surface area contributed by atoms with Crippen molar-refractivity contribution in [1.82, 2.24) is 4.90 Å². The van der Waals surface area contributed by atoms with Gasteiger partial charge in [-0.05, 0) is 25.3 Å². The van der Waals surface area contributed by atoms with Crippen molar-refractivity contribution in [2.45, 2.75) is 37.6 Å². The molecule has 0 radical (unpaired) electrons. The van der Waals surface area contributed by atoms with E-state index in [2.05, 4.69) is 4.90 Å². The Hall–Kier alpha value is -0.220. The van der Waals surface area contributed by atoms with E-state index < -0.39 is 5.92 Å². The van der Waals surface area contributed by atoms with Gasteiger partial charge in [-0.1, -0.05) is 0 Å². The van der Waals surface area contributed by atoms with Gasteiger partial charge in [-0.15, -0.1) is 0 Å². The summed E-state index contributed by atoms with van der Waals surface area (Å²) in [6.07, 6.45) is 1.86. The maximum absolute atomic E-state index is 12.9. The van der Waals surface area contributed by atoms with Crippen LogP contribution >= 0.6 is 0 Å². The lowest BCUT2D eigenvalue weighted by atomic mass is 10.1. The molecule has 14 heavy (non-hydrogen) atoms. The Kier molecular flexibility index (Phi) is 2.75. The number of likely N-dealkylation sites (tertiary alicyclic amines) is 1. The number of alkyl halides is 2. The molecule has 82 valence electrons. The summed E-state index contributed by atoms with van der Waals surface area (Å²) in [6.45, 7) is 2.70. The van der Waals surface area contributed by atoms with E-state index in [-0.39, 0.29) is 24.8 Å². The lowest BCUT2D eigenvalue weighted by molar-refractivity contribution is 0.00376. The molecule has 1 aliphatic heterocycles. The smallest absolute Gasteiger partial charge is 0.248 e. The number of hydrogen-bond donors (Lipinski definition) is 1. The SMILES string of the molecule is NC1CCN(CC2CCC(F)(F)C2)C1. The van der Waals surface area contributed by atoms with Gasteiger partial charge in [0.2, 0.25) is 5.92 Å². The van der Waals surface area contributed by atoms with E-state index in [9.17, 15) is 8.78 Å². The van der Waals surface area contributed by atoms with Gasteiger partial charge in [0, 0.05) is 32.0 Å². The van der Waals surface area contributed by atoms with Crippen LogP contribution in [0.4, 0.5) is 8.78 Å². The van der Waals surface area contributed by atoms with Crippen LogP contribution in [-0.4, -0.2) is 36.5 Å². The highest BCUT2D eigenvalue weighted by molar-refractivity contribution is 4.86. The standard InChI is InChI=1S/C10H18F2N2/c11-10(12)3-1-8(5-10)6-14-4-2-9(13)7-14/h8-9H,1-7,13H2. The van der Waals surface area contributed by atoms with E-state index in [0.717, 1.165) is 26.1 Å². The number of nitrogens with zero attached hydrogens (tertiary/aromatic N) is 1. The molecule has 0 aromatic rings. The van der Waals surface area contributed by atoms with E-state index in [4.69, 9.17) is 5.73 Å². The summed E-state index contributed by atoms with van der Waals surface area (Å²) in [6, 6.07) is 0.261. The zero-order chi connectivity index (χ0) is 10.2. The van der Waals surface area contributed by atoms with Gasteiger partial charge in [0.25, 0.3) is 0 Å². The Morgan fingerprint density at radius 2 is 2.14 bits per heavy atom. The van der Waals surface area contributed by atoms with E-state index in [0.29, 0.717) is 6.42 Å². The van der Waals surface area contributed by atoms with Gasteiger partial charge in [-0.2, -0.15) is 0 Å². The molecule has 1 heterocycles. The Bertz CT molecular complexity index is 208. The van der Waals surface area contributed by atoms with Crippen LogP contribution in [0.25, 0.3) is 0 Å². The first kappa shape index (κ1) is 10.3. The largest absolute Gasteiger partial charge is 0.326 e. The fourth-order valence-electron chi connectivity index (χ4n) is 2.59. The van der Waals surface area contributed by atoms with Crippen LogP contribution in [0.15, 0.2) is 0 Å². The Morgan fingerprint density at radius 3 is 2.64 bits per heavy atom. The first-order chi connectivity index (χ1) is 6.55. The van der Waals surface area contributed by atoms with Gasteiger partial charge in [0.1, 0.15) is 0 Å². The molecule has 0 spiro atoms. The molecule has 2 N–H and O–H groups in total. The Labute approximate surface area is 83.4 Å². The van der Waals surface area contributed by atoms with Gasteiger partial charge >= 0.3 is 0 Å². The number of hydrogen-bond acceptors (Lipinski definition) is 2. The lowest BCUT2D eigenvalue weighted by Crippen LogP contribution is -2.30. The second kappa shape index (κ2) is 3.74. The number of nitrogens with two attached hydrogens (primary N) is 1. The molecule has 0 aromatic heterocycles. The molecule has 1 saturated carbocycles. The topological polar surface area (TPSA) is 29.3 Å². The molecule has 0 amide bonds. The first-order valence-electron chi connectivity index (χ1n) is 5.41. The van der Waals surface area contributed by atoms with Crippen molar-refractivity contribution in [3.63, 3.8) is 0 Å². The molecule has 1 aliphatic carbocycles. The number of halogens is 2. The van der Waals surface area contributed by atoms with Crippen molar-refractivity contribution in [3.05, 3.63) is 0 Å². The van der Waals surface area contributed by atoms with Crippen molar-refractivity contribution in [3.8, 4) is 0 Å². The summed E-state index contributed by atoms with van der Waals surface area (Å²) in [5.41, 5.74) is 5.76. The average Bonchev–Trinajstić information content (AvgIpc) is 2.59. The molecule has 2 nitrogen and oxygen atoms in total. The molecule has 2 atom stereocenters. The summed E-state index contributed by atoms with van der Waals surface area (Å²) in [7, 11) is 0. The highest BCUT2D eigenvalue weighted by Crippen LogP contribution is 2.39. The van der Waals surface area contributed by atoms with Crippen LogP contribution in [0.5, 0.6) is 0 Å². The molecule has 0 aromatic carbocycles. The van der Waals surface area contributed by atoms with E-state index in [1.807, 2.05) is 0 Å². The third kappa shape index (κ3) is 2.42. The van der Waals surface area contributed by atoms with Crippen LogP contribution in [0.3, 0.4) is 0 Å². The molecule has 2 unspecified atom stereocenters. The van der Waals surface area contributed by atoms with Crippen molar-refractivity contribution in [2.75, 3.05) is 19.6 Å². The quantitative estimate of drug-likeness (QED) is 0.737. The molecule has 2 aliphatic rings. The molecule has 2 rings (SSSR count). The predicted molar refractivity (Wildman–Crippen MR) is 51.3 cm³/mol. The maximum Gasteiger partial charge on any atom is 0.248 e. The minimum absolute atomic E-state index is 0.0809. The van der Waals surface area contributed by atoms with Crippen LogP contribution in [0.2, 0.25) is 0 Å². The fourth-order valence-corrected chi connectivity index (χ4v) is 2.59. The maximum atomic E-state index is 12.9. The monoisotopic (exact) mass is 204 g/mol. The minimum Gasteiger partial charge on any atom is -0.326 e. The minimum atomic E-state index is -2.40. The second-order valence-corrected chi connectivity index (χ2v) is 4.77. The summed E-state index contributed by atoms with van der Waals surface area (Å²) in [5, 5.41) is 0. The van der Waals surface area contributed by atoms with Crippen LogP contribution in [-0.2, 0) is 0 Å². The first-order valence-corrected chi connectivity index (χ1v) is 5.41. The highest BCUT2D eigenvalue weighted by atomic mass is 19.3. The highest BCUT2D eigenvalue weighted by Gasteiger charge is 2.40. The van der Waals surface area contributed by atoms with Gasteiger partial charge in [0.15, 0.2) is 0 Å². The normalized spacial score (nSPS) is 37.9. The molecular formula is C10H18F2N2. The van der Waals surface area contributed by atoms with Gasteiger partial charge < -0.3 is 10.6 Å². The number of rotatable bonds is 2. The van der Waals surface area contributed by atoms with Crippen molar-refractivity contribution < 1.29 is 8.78 Å².